The van der Waals surface area contributed by atoms with Crippen LogP contribution in [0, 0.1) is 12.3 Å². The van der Waals surface area contributed by atoms with Gasteiger partial charge in [0.15, 0.2) is 0 Å². The Morgan fingerprint density at radius 2 is 1.80 bits per heavy atom. The summed E-state index contributed by atoms with van der Waals surface area (Å²) in [6.07, 6.45) is 7.94. The minimum absolute atomic E-state index is 0.447. The number of carbonyl (C=O) groups is 1. The highest BCUT2D eigenvalue weighted by atomic mass is 16.4. The van der Waals surface area contributed by atoms with Gasteiger partial charge in [-0.1, -0.05) is 43.4 Å². The van der Waals surface area contributed by atoms with Gasteiger partial charge in [-0.2, -0.15) is 0 Å². The number of carboxylic acids is 1. The molecule has 4 nitrogen and oxygen atoms in total. The van der Waals surface area contributed by atoms with Crippen molar-refractivity contribution >= 4 is 11.7 Å². The van der Waals surface area contributed by atoms with E-state index < -0.39 is 11.4 Å². The van der Waals surface area contributed by atoms with E-state index in [9.17, 15) is 9.90 Å². The van der Waals surface area contributed by atoms with E-state index >= 15 is 0 Å². The summed E-state index contributed by atoms with van der Waals surface area (Å²) in [5.74, 6) is -0.572. The zero-order valence-electron chi connectivity index (χ0n) is 15.9. The second-order valence-electron chi connectivity index (χ2n) is 7.53. The summed E-state index contributed by atoms with van der Waals surface area (Å²) in [4.78, 5) is 14.2. The van der Waals surface area contributed by atoms with E-state index in [4.69, 9.17) is 0 Å². The molecule has 0 aromatic heterocycles. The van der Waals surface area contributed by atoms with Gasteiger partial charge < -0.3 is 15.3 Å². The lowest BCUT2D eigenvalue weighted by molar-refractivity contribution is -0.151. The third kappa shape index (κ3) is 5.74. The highest BCUT2D eigenvalue weighted by Crippen LogP contribution is 2.40. The van der Waals surface area contributed by atoms with Crippen LogP contribution in [0.5, 0.6) is 0 Å². The average molecular weight is 347 g/mol. The van der Waals surface area contributed by atoms with Crippen molar-refractivity contribution in [2.24, 2.45) is 5.41 Å². The zero-order chi connectivity index (χ0) is 18.1. The molecule has 0 amide bonds. The zero-order valence-corrected chi connectivity index (χ0v) is 15.9. The monoisotopic (exact) mass is 346 g/mol. The third-order valence-electron chi connectivity index (χ3n) is 5.63. The maximum atomic E-state index is 11.8. The van der Waals surface area contributed by atoms with E-state index in [0.717, 1.165) is 64.6 Å². The van der Waals surface area contributed by atoms with Gasteiger partial charge in [0.25, 0.3) is 0 Å². The van der Waals surface area contributed by atoms with Crippen molar-refractivity contribution in [1.82, 2.24) is 5.32 Å². The van der Waals surface area contributed by atoms with E-state index in [1.807, 2.05) is 7.05 Å². The summed E-state index contributed by atoms with van der Waals surface area (Å²) >= 11 is 0. The molecule has 0 aliphatic heterocycles. The van der Waals surface area contributed by atoms with Crippen LogP contribution in [-0.4, -0.2) is 37.8 Å². The first-order chi connectivity index (χ1) is 12.1. The number of anilines is 1. The Labute approximate surface area is 152 Å². The van der Waals surface area contributed by atoms with Crippen molar-refractivity contribution in [3.05, 3.63) is 29.8 Å². The van der Waals surface area contributed by atoms with Gasteiger partial charge in [0.1, 0.15) is 0 Å². The van der Waals surface area contributed by atoms with Crippen molar-refractivity contribution in [2.75, 3.05) is 31.6 Å². The van der Waals surface area contributed by atoms with Gasteiger partial charge in [-0.3, -0.25) is 4.79 Å². The maximum absolute atomic E-state index is 11.8. The molecule has 1 aromatic rings. The molecule has 0 spiro atoms. The second-order valence-corrected chi connectivity index (χ2v) is 7.53. The minimum atomic E-state index is -0.572. The number of benzene rings is 1. The Bertz CT molecular complexity index is 521. The summed E-state index contributed by atoms with van der Waals surface area (Å²) in [5.41, 5.74) is 2.09. The number of hydrogen-bond donors (Lipinski definition) is 2. The summed E-state index contributed by atoms with van der Waals surface area (Å²) < 4.78 is 0. The lowest BCUT2D eigenvalue weighted by Crippen LogP contribution is -2.34. The molecule has 140 valence electrons. The summed E-state index contributed by atoms with van der Waals surface area (Å²) in [5, 5.41) is 12.9. The molecule has 2 N–H and O–H groups in total. The lowest BCUT2D eigenvalue weighted by Gasteiger charge is -2.33. The Hall–Kier alpha value is -1.55. The van der Waals surface area contributed by atoms with Crippen LogP contribution in [0.15, 0.2) is 24.3 Å². The highest BCUT2D eigenvalue weighted by Gasteiger charge is 2.38. The fraction of sp³-hybridized carbons (Fsp3) is 0.667. The van der Waals surface area contributed by atoms with Crippen LogP contribution in [0.4, 0.5) is 5.69 Å². The van der Waals surface area contributed by atoms with E-state index in [-0.39, 0.29) is 0 Å². The van der Waals surface area contributed by atoms with Gasteiger partial charge in [0.2, 0.25) is 0 Å². The Morgan fingerprint density at radius 3 is 2.40 bits per heavy atom. The standard InChI is InChI=1S/C21H34N2O2/c1-18-8-10-19(11-9-18)23(17-15-22-2)16-7-6-14-21(20(24)25)12-4-3-5-13-21/h8-11,22H,3-7,12-17H2,1-2H3,(H,24,25). The van der Waals surface area contributed by atoms with Crippen LogP contribution < -0.4 is 10.2 Å². The smallest absolute Gasteiger partial charge is 0.309 e. The summed E-state index contributed by atoms with van der Waals surface area (Å²) in [6, 6.07) is 8.68. The molecule has 0 heterocycles. The van der Waals surface area contributed by atoms with Gasteiger partial charge in [0.05, 0.1) is 5.41 Å². The number of rotatable bonds is 10. The molecule has 0 saturated heterocycles. The second kappa shape index (κ2) is 9.81. The quantitative estimate of drug-likeness (QED) is 0.623. The van der Waals surface area contributed by atoms with Crippen molar-refractivity contribution in [1.29, 1.82) is 0 Å². The van der Waals surface area contributed by atoms with E-state index in [2.05, 4.69) is 41.4 Å². The third-order valence-corrected chi connectivity index (χ3v) is 5.63. The van der Waals surface area contributed by atoms with E-state index in [0.29, 0.717) is 0 Å². The first-order valence-electron chi connectivity index (χ1n) is 9.77. The van der Waals surface area contributed by atoms with Gasteiger partial charge in [-0.25, -0.2) is 0 Å². The number of nitrogens with one attached hydrogen (secondary N) is 1. The largest absolute Gasteiger partial charge is 0.481 e. The molecule has 0 unspecified atom stereocenters. The van der Waals surface area contributed by atoms with E-state index in [1.165, 1.54) is 17.7 Å². The van der Waals surface area contributed by atoms with Crippen molar-refractivity contribution in [3.63, 3.8) is 0 Å². The number of hydrogen-bond acceptors (Lipinski definition) is 3. The first-order valence-corrected chi connectivity index (χ1v) is 9.77. The molecule has 1 fully saturated rings. The number of nitrogens with zero attached hydrogens (tertiary/aromatic N) is 1. The summed E-state index contributed by atoms with van der Waals surface area (Å²) in [6.45, 7) is 5.02. The first kappa shape index (κ1) is 19.8. The fourth-order valence-electron chi connectivity index (χ4n) is 3.94. The molecule has 4 heteroatoms. The van der Waals surface area contributed by atoms with Crippen LogP contribution >= 0.6 is 0 Å². The number of likely N-dealkylation sites (N-methyl/N-ethyl adjacent to an activating group) is 1. The van der Waals surface area contributed by atoms with Crippen molar-refractivity contribution in [2.45, 2.75) is 58.3 Å². The maximum Gasteiger partial charge on any atom is 0.309 e. The number of aryl methyl sites for hydroxylation is 1. The van der Waals surface area contributed by atoms with Gasteiger partial charge in [-0.15, -0.1) is 0 Å². The predicted octanol–water partition coefficient (Wildman–Crippen LogP) is 4.23. The Kier molecular flexibility index (Phi) is 7.76. The molecule has 1 saturated carbocycles. The molecular formula is C21H34N2O2. The van der Waals surface area contributed by atoms with E-state index in [1.54, 1.807) is 0 Å². The molecule has 1 aliphatic rings. The normalized spacial score (nSPS) is 16.6. The minimum Gasteiger partial charge on any atom is -0.481 e. The molecule has 0 bridgehead atoms. The van der Waals surface area contributed by atoms with Crippen molar-refractivity contribution in [3.8, 4) is 0 Å². The Balaban J connectivity index is 1.87. The topological polar surface area (TPSA) is 52.6 Å². The summed E-state index contributed by atoms with van der Waals surface area (Å²) in [7, 11) is 1.98. The van der Waals surface area contributed by atoms with Gasteiger partial charge in [-0.05, 0) is 51.8 Å². The molecular weight excluding hydrogens is 312 g/mol. The fourth-order valence-corrected chi connectivity index (χ4v) is 3.94. The number of aliphatic carboxylic acids is 1. The van der Waals surface area contributed by atoms with Crippen LogP contribution in [0.1, 0.15) is 56.9 Å². The molecule has 25 heavy (non-hydrogen) atoms. The number of carboxylic acid groups (broad SMARTS) is 1. The lowest BCUT2D eigenvalue weighted by atomic mass is 9.71. The van der Waals surface area contributed by atoms with Crippen LogP contribution in [0.2, 0.25) is 0 Å². The van der Waals surface area contributed by atoms with Gasteiger partial charge in [0, 0.05) is 25.3 Å². The highest BCUT2D eigenvalue weighted by molar-refractivity contribution is 5.74. The molecule has 1 aromatic carbocycles. The molecule has 0 radical (unpaired) electrons. The average Bonchev–Trinajstić information content (AvgIpc) is 2.63. The predicted molar refractivity (Wildman–Crippen MR) is 104 cm³/mol. The Morgan fingerprint density at radius 1 is 1.12 bits per heavy atom. The number of unbranched alkanes of at least 4 members (excludes halogenated alkanes) is 1. The van der Waals surface area contributed by atoms with Crippen LogP contribution in [-0.2, 0) is 4.79 Å². The van der Waals surface area contributed by atoms with Gasteiger partial charge >= 0.3 is 5.97 Å². The SMILES string of the molecule is CNCCN(CCCCC1(C(=O)O)CCCCC1)c1ccc(C)cc1. The molecule has 2 rings (SSSR count). The van der Waals surface area contributed by atoms with Crippen LogP contribution in [0.25, 0.3) is 0 Å². The molecule has 1 aliphatic carbocycles. The van der Waals surface area contributed by atoms with Crippen molar-refractivity contribution < 1.29 is 9.90 Å². The molecule has 0 atom stereocenters. The van der Waals surface area contributed by atoms with Crippen LogP contribution in [0.3, 0.4) is 0 Å².